The first-order valence-electron chi connectivity index (χ1n) is 9.54. The van der Waals surface area contributed by atoms with Gasteiger partial charge >= 0.3 is 6.09 Å². The summed E-state index contributed by atoms with van der Waals surface area (Å²) in [5.41, 5.74) is -0.577. The van der Waals surface area contributed by atoms with Gasteiger partial charge in [-0.1, -0.05) is 20.8 Å². The van der Waals surface area contributed by atoms with Crippen molar-refractivity contribution in [3.05, 3.63) is 18.1 Å². The minimum Gasteiger partial charge on any atom is -0.474 e. The molecular formula is C20H31N3O3. The van der Waals surface area contributed by atoms with Crippen molar-refractivity contribution in [3.63, 3.8) is 0 Å². The Labute approximate surface area is 156 Å². The van der Waals surface area contributed by atoms with E-state index in [0.29, 0.717) is 5.88 Å². The van der Waals surface area contributed by atoms with Crippen molar-refractivity contribution in [3.8, 4) is 5.88 Å². The molecule has 0 saturated carbocycles. The maximum absolute atomic E-state index is 12.5. The monoisotopic (exact) mass is 361 g/mol. The molecule has 1 aromatic heterocycles. The van der Waals surface area contributed by atoms with E-state index in [4.69, 9.17) is 9.47 Å². The minimum atomic E-state index is -0.464. The molecule has 3 rings (SSSR count). The Kier molecular flexibility index (Phi) is 4.88. The molecule has 2 aliphatic heterocycles. The van der Waals surface area contributed by atoms with Gasteiger partial charge in [0, 0.05) is 42.6 Å². The Morgan fingerprint density at radius 2 is 1.73 bits per heavy atom. The lowest BCUT2D eigenvalue weighted by atomic mass is 9.96. The molecule has 1 amide bonds. The van der Waals surface area contributed by atoms with Crippen LogP contribution in [0, 0.1) is 0 Å². The maximum atomic E-state index is 12.5. The summed E-state index contributed by atoms with van der Waals surface area (Å²) in [7, 11) is 0. The van der Waals surface area contributed by atoms with Crippen LogP contribution in [-0.2, 0) is 10.2 Å². The number of fused-ring (bicyclic) bond motifs is 2. The molecule has 0 spiro atoms. The van der Waals surface area contributed by atoms with Crippen molar-refractivity contribution in [2.45, 2.75) is 96.4 Å². The fourth-order valence-corrected chi connectivity index (χ4v) is 3.78. The van der Waals surface area contributed by atoms with Crippen LogP contribution in [0.5, 0.6) is 5.88 Å². The highest BCUT2D eigenvalue weighted by atomic mass is 16.6. The maximum Gasteiger partial charge on any atom is 0.410 e. The second-order valence-electron chi connectivity index (χ2n) is 9.45. The molecule has 144 valence electrons. The summed E-state index contributed by atoms with van der Waals surface area (Å²) in [6.45, 7) is 12.0. The smallest absolute Gasteiger partial charge is 0.410 e. The first kappa shape index (κ1) is 18.9. The van der Waals surface area contributed by atoms with Crippen LogP contribution >= 0.6 is 0 Å². The zero-order chi connectivity index (χ0) is 19.1. The van der Waals surface area contributed by atoms with E-state index in [9.17, 15) is 4.79 Å². The summed E-state index contributed by atoms with van der Waals surface area (Å²) in [6, 6.07) is 2.20. The molecule has 0 N–H and O–H groups in total. The van der Waals surface area contributed by atoms with E-state index in [1.165, 1.54) is 0 Å². The third-order valence-corrected chi connectivity index (χ3v) is 4.88. The number of hydrogen-bond donors (Lipinski definition) is 0. The van der Waals surface area contributed by atoms with Crippen molar-refractivity contribution < 1.29 is 14.3 Å². The van der Waals surface area contributed by atoms with Crippen molar-refractivity contribution >= 4 is 6.09 Å². The van der Waals surface area contributed by atoms with E-state index in [-0.39, 0.29) is 29.7 Å². The van der Waals surface area contributed by atoms with Gasteiger partial charge in [0.15, 0.2) is 0 Å². The van der Waals surface area contributed by atoms with Gasteiger partial charge in [0.25, 0.3) is 0 Å². The van der Waals surface area contributed by atoms with Crippen molar-refractivity contribution in [1.82, 2.24) is 14.9 Å². The first-order chi connectivity index (χ1) is 12.0. The number of carbonyl (C=O) groups is 1. The molecule has 2 atom stereocenters. The average molecular weight is 361 g/mol. The highest BCUT2D eigenvalue weighted by Crippen LogP contribution is 2.38. The normalized spacial score (nSPS) is 25.9. The minimum absolute atomic E-state index is 0.0777. The number of hydrogen-bond acceptors (Lipinski definition) is 5. The number of piperidine rings is 1. The fraction of sp³-hybridized carbons (Fsp3) is 0.750. The van der Waals surface area contributed by atoms with E-state index in [2.05, 4.69) is 30.7 Å². The lowest BCUT2D eigenvalue weighted by Gasteiger charge is -2.39. The Balaban J connectivity index is 1.65. The number of amides is 1. The summed E-state index contributed by atoms with van der Waals surface area (Å²) in [4.78, 5) is 23.4. The van der Waals surface area contributed by atoms with Crippen LogP contribution < -0.4 is 4.74 Å². The van der Waals surface area contributed by atoms with E-state index in [0.717, 1.165) is 31.5 Å². The number of rotatable bonds is 2. The van der Waals surface area contributed by atoms with Crippen LogP contribution in [0.3, 0.4) is 0 Å². The highest BCUT2D eigenvalue weighted by molar-refractivity contribution is 5.69. The largest absolute Gasteiger partial charge is 0.474 e. The lowest BCUT2D eigenvalue weighted by Crippen LogP contribution is -2.50. The van der Waals surface area contributed by atoms with Crippen LogP contribution in [0.25, 0.3) is 0 Å². The predicted octanol–water partition coefficient (Wildman–Crippen LogP) is 4.08. The van der Waals surface area contributed by atoms with E-state index < -0.39 is 5.60 Å². The van der Waals surface area contributed by atoms with Crippen molar-refractivity contribution in [2.24, 2.45) is 0 Å². The number of ether oxygens (including phenoxy) is 2. The third kappa shape index (κ3) is 4.27. The SMILES string of the molecule is CC(C)(C)OC(=O)N1C2CCC1CC(Oc1ccnc(C(C)(C)C)n1)C2. The first-order valence-corrected chi connectivity index (χ1v) is 9.54. The Hall–Kier alpha value is -1.85. The molecule has 3 heterocycles. The predicted molar refractivity (Wildman–Crippen MR) is 99.3 cm³/mol. The van der Waals surface area contributed by atoms with E-state index in [1.54, 1.807) is 6.20 Å². The average Bonchev–Trinajstić information content (AvgIpc) is 2.77. The number of nitrogens with zero attached hydrogens (tertiary/aromatic N) is 3. The van der Waals surface area contributed by atoms with Crippen LogP contribution in [0.1, 0.15) is 73.1 Å². The molecule has 26 heavy (non-hydrogen) atoms. The number of aromatic nitrogens is 2. The second-order valence-corrected chi connectivity index (χ2v) is 9.45. The summed E-state index contributed by atoms with van der Waals surface area (Å²) >= 11 is 0. The van der Waals surface area contributed by atoms with Gasteiger partial charge in [-0.15, -0.1) is 0 Å². The van der Waals surface area contributed by atoms with Crippen LogP contribution in [-0.4, -0.2) is 44.7 Å². The molecule has 0 radical (unpaired) electrons. The molecule has 2 bridgehead atoms. The molecule has 1 aromatic rings. The quantitative estimate of drug-likeness (QED) is 0.794. The Morgan fingerprint density at radius 1 is 1.12 bits per heavy atom. The van der Waals surface area contributed by atoms with Crippen molar-refractivity contribution in [1.29, 1.82) is 0 Å². The summed E-state index contributed by atoms with van der Waals surface area (Å²) in [6.07, 6.45) is 5.32. The van der Waals surface area contributed by atoms with Gasteiger partial charge in [0.05, 0.1) is 0 Å². The van der Waals surface area contributed by atoms with Gasteiger partial charge in [0.1, 0.15) is 17.5 Å². The van der Waals surface area contributed by atoms with E-state index in [1.807, 2.05) is 31.7 Å². The zero-order valence-electron chi connectivity index (χ0n) is 16.8. The van der Waals surface area contributed by atoms with Crippen LogP contribution in [0.4, 0.5) is 4.79 Å². The van der Waals surface area contributed by atoms with Crippen molar-refractivity contribution in [2.75, 3.05) is 0 Å². The molecular weight excluding hydrogens is 330 g/mol. The zero-order valence-corrected chi connectivity index (χ0v) is 16.8. The van der Waals surface area contributed by atoms with Gasteiger partial charge in [0.2, 0.25) is 5.88 Å². The Bertz CT molecular complexity index is 649. The summed E-state index contributed by atoms with van der Waals surface area (Å²) < 4.78 is 11.8. The van der Waals surface area contributed by atoms with E-state index >= 15 is 0 Å². The molecule has 6 nitrogen and oxygen atoms in total. The second kappa shape index (κ2) is 6.71. The molecule has 0 aliphatic carbocycles. The topological polar surface area (TPSA) is 64.5 Å². The standard InChI is InChI=1S/C20H31N3O3/c1-19(2,3)17-21-10-9-16(22-17)25-15-11-13-7-8-14(12-15)23(13)18(24)26-20(4,5)6/h9-10,13-15H,7-8,11-12H2,1-6H3. The van der Waals surface area contributed by atoms with Gasteiger partial charge in [-0.05, 0) is 33.6 Å². The summed E-state index contributed by atoms with van der Waals surface area (Å²) in [5.74, 6) is 1.41. The van der Waals surface area contributed by atoms with Gasteiger partial charge < -0.3 is 14.4 Å². The molecule has 2 saturated heterocycles. The van der Waals surface area contributed by atoms with Crippen LogP contribution in [0.15, 0.2) is 12.3 Å². The molecule has 6 heteroatoms. The highest BCUT2D eigenvalue weighted by Gasteiger charge is 2.45. The van der Waals surface area contributed by atoms with Gasteiger partial charge in [-0.3, -0.25) is 0 Å². The molecule has 0 aromatic carbocycles. The lowest BCUT2D eigenvalue weighted by molar-refractivity contribution is -0.00766. The fourth-order valence-electron chi connectivity index (χ4n) is 3.78. The summed E-state index contributed by atoms with van der Waals surface area (Å²) in [5, 5.41) is 0. The Morgan fingerprint density at radius 3 is 2.27 bits per heavy atom. The van der Waals surface area contributed by atoms with Gasteiger partial charge in [-0.2, -0.15) is 4.98 Å². The number of carbonyl (C=O) groups excluding carboxylic acids is 1. The third-order valence-electron chi connectivity index (χ3n) is 4.88. The molecule has 2 unspecified atom stereocenters. The van der Waals surface area contributed by atoms with Gasteiger partial charge in [-0.25, -0.2) is 9.78 Å². The molecule has 2 aliphatic rings. The van der Waals surface area contributed by atoms with Crippen LogP contribution in [0.2, 0.25) is 0 Å². The molecule has 2 fully saturated rings.